The van der Waals surface area contributed by atoms with Gasteiger partial charge in [-0.1, -0.05) is 23.5 Å². The number of nitrogens with one attached hydrogen (secondary N) is 1. The molecule has 2 aromatic carbocycles. The highest BCUT2D eigenvalue weighted by Crippen LogP contribution is 2.29. The Morgan fingerprint density at radius 3 is 2.86 bits per heavy atom. The van der Waals surface area contributed by atoms with Crippen LogP contribution in [-0.4, -0.2) is 9.97 Å². The molecule has 3 nitrogen and oxygen atoms in total. The van der Waals surface area contributed by atoms with E-state index in [2.05, 4.69) is 52.5 Å². The van der Waals surface area contributed by atoms with Crippen LogP contribution < -0.4 is 5.32 Å². The second kappa shape index (κ2) is 4.82. The number of pyridine rings is 1. The Morgan fingerprint density at radius 2 is 1.90 bits per heavy atom. The van der Waals surface area contributed by atoms with E-state index >= 15 is 0 Å². The SMILES string of the molecule is Cc1ccc2nc(Nc3ccc4ncccc4c3)sc2c1. The van der Waals surface area contributed by atoms with Crippen LogP contribution in [0.1, 0.15) is 5.56 Å². The average Bonchev–Trinajstić information content (AvgIpc) is 2.88. The fraction of sp³-hybridized carbons (Fsp3) is 0.0588. The molecular weight excluding hydrogens is 278 g/mol. The highest BCUT2D eigenvalue weighted by Gasteiger charge is 2.05. The summed E-state index contributed by atoms with van der Waals surface area (Å²) in [6, 6.07) is 16.5. The summed E-state index contributed by atoms with van der Waals surface area (Å²) in [5.74, 6) is 0. The van der Waals surface area contributed by atoms with Gasteiger partial charge in [-0.3, -0.25) is 4.98 Å². The second-order valence-corrected chi connectivity index (χ2v) is 6.06. The van der Waals surface area contributed by atoms with Gasteiger partial charge in [0.2, 0.25) is 0 Å². The Bertz CT molecular complexity index is 943. The van der Waals surface area contributed by atoms with Crippen molar-refractivity contribution in [1.82, 2.24) is 9.97 Å². The maximum atomic E-state index is 4.62. The van der Waals surface area contributed by atoms with Crippen LogP contribution in [0.4, 0.5) is 10.8 Å². The van der Waals surface area contributed by atoms with Crippen LogP contribution in [0.2, 0.25) is 0 Å². The maximum Gasteiger partial charge on any atom is 0.188 e. The van der Waals surface area contributed by atoms with E-state index in [0.717, 1.165) is 27.2 Å². The van der Waals surface area contributed by atoms with Crippen LogP contribution in [0.25, 0.3) is 21.1 Å². The molecule has 21 heavy (non-hydrogen) atoms. The van der Waals surface area contributed by atoms with Gasteiger partial charge in [-0.25, -0.2) is 4.98 Å². The van der Waals surface area contributed by atoms with Crippen molar-refractivity contribution in [2.75, 3.05) is 5.32 Å². The predicted octanol–water partition coefficient (Wildman–Crippen LogP) is 4.90. The van der Waals surface area contributed by atoms with E-state index in [-0.39, 0.29) is 0 Å². The number of thiazole rings is 1. The van der Waals surface area contributed by atoms with E-state index in [1.165, 1.54) is 10.3 Å². The van der Waals surface area contributed by atoms with Crippen LogP contribution in [0.3, 0.4) is 0 Å². The molecule has 0 saturated heterocycles. The number of rotatable bonds is 2. The molecule has 4 rings (SSSR count). The number of benzene rings is 2. The maximum absolute atomic E-state index is 4.62. The Morgan fingerprint density at radius 1 is 1.00 bits per heavy atom. The average molecular weight is 291 g/mol. The van der Waals surface area contributed by atoms with Crippen molar-refractivity contribution in [2.45, 2.75) is 6.92 Å². The summed E-state index contributed by atoms with van der Waals surface area (Å²) in [5, 5.41) is 5.42. The van der Waals surface area contributed by atoms with Gasteiger partial charge >= 0.3 is 0 Å². The normalized spacial score (nSPS) is 11.1. The molecule has 0 aliphatic rings. The highest BCUT2D eigenvalue weighted by molar-refractivity contribution is 7.22. The molecule has 4 aromatic rings. The Hall–Kier alpha value is -2.46. The number of aromatic nitrogens is 2. The number of anilines is 2. The van der Waals surface area contributed by atoms with E-state index in [0.29, 0.717) is 0 Å². The van der Waals surface area contributed by atoms with Crippen LogP contribution in [0, 0.1) is 6.92 Å². The highest BCUT2D eigenvalue weighted by atomic mass is 32.1. The standard InChI is InChI=1S/C17H13N3S/c1-11-4-6-15-16(9-11)21-17(20-15)19-13-5-7-14-12(10-13)3-2-8-18-14/h2-10H,1H3,(H,19,20). The fourth-order valence-electron chi connectivity index (χ4n) is 2.36. The zero-order valence-corrected chi connectivity index (χ0v) is 12.3. The van der Waals surface area contributed by atoms with Crippen molar-refractivity contribution < 1.29 is 0 Å². The molecule has 2 aromatic heterocycles. The molecule has 0 saturated carbocycles. The van der Waals surface area contributed by atoms with Crippen molar-refractivity contribution in [2.24, 2.45) is 0 Å². The number of fused-ring (bicyclic) bond motifs is 2. The molecule has 0 aliphatic heterocycles. The number of nitrogens with zero attached hydrogens (tertiary/aromatic N) is 2. The van der Waals surface area contributed by atoms with Crippen molar-refractivity contribution >= 4 is 43.3 Å². The van der Waals surface area contributed by atoms with Gasteiger partial charge in [-0.2, -0.15) is 0 Å². The summed E-state index contributed by atoms with van der Waals surface area (Å²) in [6.45, 7) is 2.10. The summed E-state index contributed by atoms with van der Waals surface area (Å²) in [4.78, 5) is 8.95. The number of hydrogen-bond acceptors (Lipinski definition) is 4. The summed E-state index contributed by atoms with van der Waals surface area (Å²) in [6.07, 6.45) is 1.81. The van der Waals surface area contributed by atoms with E-state index in [9.17, 15) is 0 Å². The minimum absolute atomic E-state index is 0.916. The fourth-order valence-corrected chi connectivity index (χ4v) is 3.35. The topological polar surface area (TPSA) is 37.8 Å². The van der Waals surface area contributed by atoms with E-state index < -0.39 is 0 Å². The van der Waals surface area contributed by atoms with Crippen LogP contribution in [0.15, 0.2) is 54.7 Å². The first-order valence-corrected chi connectivity index (χ1v) is 7.59. The van der Waals surface area contributed by atoms with Crippen molar-refractivity contribution in [3.05, 3.63) is 60.3 Å². The molecule has 0 fully saturated rings. The Balaban J connectivity index is 1.71. The molecule has 0 amide bonds. The van der Waals surface area contributed by atoms with E-state index in [1.807, 2.05) is 24.4 Å². The minimum Gasteiger partial charge on any atom is -0.332 e. The molecule has 0 aliphatic carbocycles. The summed E-state index contributed by atoms with van der Waals surface area (Å²) in [5.41, 5.74) is 4.33. The zero-order valence-electron chi connectivity index (χ0n) is 11.5. The summed E-state index contributed by atoms with van der Waals surface area (Å²) >= 11 is 1.67. The molecule has 0 bridgehead atoms. The van der Waals surface area contributed by atoms with Crippen LogP contribution in [0.5, 0.6) is 0 Å². The molecule has 0 spiro atoms. The monoisotopic (exact) mass is 291 g/mol. The lowest BCUT2D eigenvalue weighted by Gasteiger charge is -2.03. The van der Waals surface area contributed by atoms with Crippen LogP contribution >= 0.6 is 11.3 Å². The molecular formula is C17H13N3S. The first-order chi connectivity index (χ1) is 10.3. The predicted molar refractivity (Wildman–Crippen MR) is 89.4 cm³/mol. The molecule has 4 heteroatoms. The third-order valence-electron chi connectivity index (χ3n) is 3.40. The molecule has 2 heterocycles. The molecule has 0 atom stereocenters. The molecule has 0 radical (unpaired) electrons. The molecule has 0 unspecified atom stereocenters. The lowest BCUT2D eigenvalue weighted by atomic mass is 10.2. The second-order valence-electron chi connectivity index (χ2n) is 5.03. The van der Waals surface area contributed by atoms with Crippen LogP contribution in [-0.2, 0) is 0 Å². The molecule has 102 valence electrons. The van der Waals surface area contributed by atoms with Gasteiger partial charge < -0.3 is 5.32 Å². The summed E-state index contributed by atoms with van der Waals surface area (Å²) < 4.78 is 1.21. The van der Waals surface area contributed by atoms with Gasteiger partial charge in [0.05, 0.1) is 15.7 Å². The van der Waals surface area contributed by atoms with E-state index in [1.54, 1.807) is 11.3 Å². The molecule has 1 N–H and O–H groups in total. The zero-order chi connectivity index (χ0) is 14.2. The largest absolute Gasteiger partial charge is 0.332 e. The Labute approximate surface area is 126 Å². The van der Waals surface area contributed by atoms with Crippen molar-refractivity contribution in [3.63, 3.8) is 0 Å². The summed E-state index contributed by atoms with van der Waals surface area (Å²) in [7, 11) is 0. The van der Waals surface area contributed by atoms with Gasteiger partial charge in [-0.05, 0) is 48.9 Å². The van der Waals surface area contributed by atoms with Crippen molar-refractivity contribution in [3.8, 4) is 0 Å². The van der Waals surface area contributed by atoms with E-state index in [4.69, 9.17) is 0 Å². The van der Waals surface area contributed by atoms with Crippen molar-refractivity contribution in [1.29, 1.82) is 0 Å². The number of hydrogen-bond donors (Lipinski definition) is 1. The third-order valence-corrected chi connectivity index (χ3v) is 4.33. The first kappa shape index (κ1) is 12.3. The van der Waals surface area contributed by atoms with Gasteiger partial charge in [0.1, 0.15) is 0 Å². The van der Waals surface area contributed by atoms with Gasteiger partial charge in [0.15, 0.2) is 5.13 Å². The Kier molecular flexibility index (Phi) is 2.82. The number of aryl methyl sites for hydroxylation is 1. The van der Waals surface area contributed by atoms with Gasteiger partial charge in [0.25, 0.3) is 0 Å². The third kappa shape index (κ3) is 2.34. The smallest absolute Gasteiger partial charge is 0.188 e. The minimum atomic E-state index is 0.916. The van der Waals surface area contributed by atoms with Gasteiger partial charge in [-0.15, -0.1) is 0 Å². The first-order valence-electron chi connectivity index (χ1n) is 6.77. The quantitative estimate of drug-likeness (QED) is 0.571. The lowest BCUT2D eigenvalue weighted by Crippen LogP contribution is -1.89. The lowest BCUT2D eigenvalue weighted by molar-refractivity contribution is 1.40. The van der Waals surface area contributed by atoms with Gasteiger partial charge in [0, 0.05) is 17.3 Å².